The van der Waals surface area contributed by atoms with Gasteiger partial charge in [-0.15, -0.1) is 0 Å². The molecule has 1 amide bonds. The summed E-state index contributed by atoms with van der Waals surface area (Å²) in [5.74, 6) is 0.825. The summed E-state index contributed by atoms with van der Waals surface area (Å²) < 4.78 is 12.7. The molecule has 0 aromatic heterocycles. The van der Waals surface area contributed by atoms with E-state index in [0.29, 0.717) is 36.0 Å². The molecule has 0 spiro atoms. The summed E-state index contributed by atoms with van der Waals surface area (Å²) in [4.78, 5) is 14.4. The Labute approximate surface area is 202 Å². The molecule has 3 rings (SSSR count). The van der Waals surface area contributed by atoms with Crippen LogP contribution < -0.4 is 4.74 Å². The number of rotatable bonds is 4. The van der Waals surface area contributed by atoms with Crippen LogP contribution in [0.5, 0.6) is 5.75 Å². The van der Waals surface area contributed by atoms with Crippen LogP contribution in [0.25, 0.3) is 0 Å². The normalized spacial score (nSPS) is 18.9. The maximum absolute atomic E-state index is 12.7. The smallest absolute Gasteiger partial charge is 0.410 e. The van der Waals surface area contributed by atoms with Crippen molar-refractivity contribution in [3.63, 3.8) is 0 Å². The van der Waals surface area contributed by atoms with E-state index in [-0.39, 0.29) is 17.9 Å². The minimum absolute atomic E-state index is 0.0493. The third-order valence-corrected chi connectivity index (χ3v) is 6.12. The van der Waals surface area contributed by atoms with E-state index < -0.39 is 5.60 Å². The van der Waals surface area contributed by atoms with Gasteiger partial charge in [-0.3, -0.25) is 0 Å². The Hall–Kier alpha value is -1.98. The van der Waals surface area contributed by atoms with Crippen LogP contribution in [0, 0.1) is 20.8 Å². The molecule has 1 fully saturated rings. The van der Waals surface area contributed by atoms with Gasteiger partial charge in [0.25, 0.3) is 0 Å². The highest BCUT2D eigenvalue weighted by molar-refractivity contribution is 14.1. The lowest BCUT2D eigenvalue weighted by atomic mass is 9.81. The molecule has 31 heavy (non-hydrogen) atoms. The number of benzene rings is 2. The number of likely N-dealkylation sites (tertiary alicyclic amines) is 1. The van der Waals surface area contributed by atoms with Gasteiger partial charge in [0, 0.05) is 27.6 Å². The molecule has 1 heterocycles. The van der Waals surface area contributed by atoms with Gasteiger partial charge in [-0.25, -0.2) is 4.79 Å². The van der Waals surface area contributed by atoms with Crippen LogP contribution in [0.3, 0.4) is 0 Å². The molecule has 5 nitrogen and oxygen atoms in total. The maximum atomic E-state index is 12.7. The zero-order valence-electron chi connectivity index (χ0n) is 17.9. The number of hydrogen-bond acceptors (Lipinski definition) is 4. The zero-order chi connectivity index (χ0) is 22.6. The molecular formula is C24H26ClIN2O3. The number of amides is 1. The van der Waals surface area contributed by atoms with E-state index in [1.807, 2.05) is 57.2 Å². The first-order chi connectivity index (χ1) is 14.7. The number of carbonyl (C=O) groups is 1. The molecular weight excluding hydrogens is 527 g/mol. The lowest BCUT2D eigenvalue weighted by Crippen LogP contribution is -2.46. The molecule has 2 aromatic rings. The molecule has 0 bridgehead atoms. The number of piperidine rings is 1. The second-order valence-electron chi connectivity index (χ2n) is 8.70. The summed E-state index contributed by atoms with van der Waals surface area (Å²) >= 11 is 8.25. The number of nitriles is 1. The van der Waals surface area contributed by atoms with Crippen LogP contribution in [-0.2, 0) is 4.74 Å². The van der Waals surface area contributed by atoms with Crippen LogP contribution in [-0.4, -0.2) is 36.3 Å². The van der Waals surface area contributed by atoms with Crippen molar-refractivity contribution in [2.75, 3.05) is 19.7 Å². The van der Waals surface area contributed by atoms with Gasteiger partial charge in [-0.1, -0.05) is 23.7 Å². The Morgan fingerprint density at radius 1 is 1.26 bits per heavy atom. The molecule has 0 saturated carbocycles. The highest BCUT2D eigenvalue weighted by atomic mass is 127. The lowest BCUT2D eigenvalue weighted by molar-refractivity contribution is 0.0111. The van der Waals surface area contributed by atoms with E-state index >= 15 is 0 Å². The fourth-order valence-electron chi connectivity index (χ4n) is 3.75. The number of carbonyl (C=O) groups excluding carboxylic acids is 1. The standard InChI is InChI=1S/C24H26ClIN2O3/c1-24(2,3)31-23(29)28-11-10-21(16-4-6-19(25)7-5-16)18(14-28)15-30-22-9-8-20(26)12-17(22)13-27/h4-9,12,18,21H,10-11,14-15H2,1-3H3. The van der Waals surface area contributed by atoms with Gasteiger partial charge >= 0.3 is 6.09 Å². The van der Waals surface area contributed by atoms with Crippen LogP contribution >= 0.6 is 34.2 Å². The Balaban J connectivity index is 1.80. The van der Waals surface area contributed by atoms with Crippen molar-refractivity contribution in [1.82, 2.24) is 4.90 Å². The van der Waals surface area contributed by atoms with Gasteiger partial charge in [0.2, 0.25) is 0 Å². The highest BCUT2D eigenvalue weighted by Crippen LogP contribution is 2.35. The summed E-state index contributed by atoms with van der Waals surface area (Å²) in [6.07, 6.45) is 0.492. The van der Waals surface area contributed by atoms with Gasteiger partial charge in [0.05, 0.1) is 12.2 Å². The number of halogens is 2. The number of nitrogens with zero attached hydrogens (tertiary/aromatic N) is 2. The molecule has 164 valence electrons. The van der Waals surface area contributed by atoms with Gasteiger partial charge in [0.1, 0.15) is 17.4 Å². The fraction of sp³-hybridized carbons (Fsp3) is 0.417. The van der Waals surface area contributed by atoms with Crippen LogP contribution in [0.1, 0.15) is 44.2 Å². The topological polar surface area (TPSA) is 62.6 Å². The molecule has 7 heteroatoms. The van der Waals surface area contributed by atoms with Gasteiger partial charge < -0.3 is 14.4 Å². The quantitative estimate of drug-likeness (QED) is 0.422. The van der Waals surface area contributed by atoms with Crippen molar-refractivity contribution in [3.05, 3.63) is 62.2 Å². The van der Waals surface area contributed by atoms with E-state index in [2.05, 4.69) is 28.7 Å². The van der Waals surface area contributed by atoms with Gasteiger partial charge in [-0.05, 0) is 91.6 Å². The second-order valence-corrected chi connectivity index (χ2v) is 10.4. The molecule has 0 aliphatic carbocycles. The van der Waals surface area contributed by atoms with Crippen molar-refractivity contribution in [3.8, 4) is 11.8 Å². The first-order valence-electron chi connectivity index (χ1n) is 10.2. The molecule has 1 aliphatic rings. The average Bonchev–Trinajstić information content (AvgIpc) is 2.72. The molecule has 2 atom stereocenters. The van der Waals surface area contributed by atoms with E-state index in [1.54, 1.807) is 11.0 Å². The third-order valence-electron chi connectivity index (χ3n) is 5.20. The SMILES string of the molecule is CC(C)(C)OC(=O)N1CCC(c2ccc(Cl)cc2)C(COc2ccc(I)cc2C#N)C1. The van der Waals surface area contributed by atoms with Crippen LogP contribution in [0.15, 0.2) is 42.5 Å². The molecule has 2 aromatic carbocycles. The summed E-state index contributed by atoms with van der Waals surface area (Å²) in [7, 11) is 0. The van der Waals surface area contributed by atoms with E-state index in [9.17, 15) is 10.1 Å². The summed E-state index contributed by atoms with van der Waals surface area (Å²) in [6.45, 7) is 7.13. The third kappa shape index (κ3) is 6.50. The Morgan fingerprint density at radius 2 is 1.97 bits per heavy atom. The average molecular weight is 553 g/mol. The van der Waals surface area contributed by atoms with Crippen molar-refractivity contribution >= 4 is 40.3 Å². The predicted octanol–water partition coefficient (Wildman–Crippen LogP) is 6.24. The van der Waals surface area contributed by atoms with Crippen LogP contribution in [0.2, 0.25) is 5.02 Å². The summed E-state index contributed by atoms with van der Waals surface area (Å²) in [5, 5.41) is 10.1. The fourth-order valence-corrected chi connectivity index (χ4v) is 4.37. The van der Waals surface area contributed by atoms with Gasteiger partial charge in [0.15, 0.2) is 0 Å². The first kappa shape index (κ1) is 23.7. The minimum Gasteiger partial charge on any atom is -0.492 e. The summed E-state index contributed by atoms with van der Waals surface area (Å²) in [6, 6.07) is 15.6. The maximum Gasteiger partial charge on any atom is 0.410 e. The Kier molecular flexibility index (Phi) is 7.71. The van der Waals surface area contributed by atoms with Crippen molar-refractivity contribution in [1.29, 1.82) is 5.26 Å². The highest BCUT2D eigenvalue weighted by Gasteiger charge is 2.35. The second kappa shape index (κ2) is 10.1. The molecule has 0 N–H and O–H groups in total. The van der Waals surface area contributed by atoms with Crippen molar-refractivity contribution in [2.45, 2.75) is 38.7 Å². The first-order valence-corrected chi connectivity index (χ1v) is 11.7. The lowest BCUT2D eigenvalue weighted by Gasteiger charge is -2.39. The number of ether oxygens (including phenoxy) is 2. The Bertz CT molecular complexity index is 966. The molecule has 2 unspecified atom stereocenters. The molecule has 1 aliphatic heterocycles. The minimum atomic E-state index is -0.543. The summed E-state index contributed by atoms with van der Waals surface area (Å²) in [5.41, 5.74) is 1.14. The monoisotopic (exact) mass is 552 g/mol. The molecule has 0 radical (unpaired) electrons. The van der Waals surface area contributed by atoms with Crippen molar-refractivity contribution in [2.24, 2.45) is 5.92 Å². The predicted molar refractivity (Wildman–Crippen MR) is 129 cm³/mol. The van der Waals surface area contributed by atoms with E-state index in [0.717, 1.165) is 9.99 Å². The van der Waals surface area contributed by atoms with Gasteiger partial charge in [-0.2, -0.15) is 5.26 Å². The number of hydrogen-bond donors (Lipinski definition) is 0. The Morgan fingerprint density at radius 3 is 2.61 bits per heavy atom. The zero-order valence-corrected chi connectivity index (χ0v) is 20.8. The van der Waals surface area contributed by atoms with E-state index in [4.69, 9.17) is 21.1 Å². The largest absolute Gasteiger partial charge is 0.492 e. The van der Waals surface area contributed by atoms with Crippen LogP contribution in [0.4, 0.5) is 4.79 Å². The van der Waals surface area contributed by atoms with Crippen molar-refractivity contribution < 1.29 is 14.3 Å². The van der Waals surface area contributed by atoms with E-state index in [1.165, 1.54) is 5.56 Å². The molecule has 1 saturated heterocycles.